The maximum Gasteiger partial charge on any atom is -1.00 e. The van der Waals surface area contributed by atoms with Gasteiger partial charge in [0.25, 0.3) is 0 Å². The van der Waals surface area contributed by atoms with Crippen molar-refractivity contribution in [2.45, 2.75) is 38.0 Å². The fourth-order valence-electron chi connectivity index (χ4n) is 2.07. The van der Waals surface area contributed by atoms with Gasteiger partial charge in [-0.05, 0) is 0 Å². The molecule has 2 aliphatic carbocycles. The van der Waals surface area contributed by atoms with E-state index in [9.17, 15) is 0 Å². The Morgan fingerprint density at radius 2 is 2.10 bits per heavy atom. The average molecular weight is 366 g/mol. The number of thioether (sulfide) groups is 1. The summed E-state index contributed by atoms with van der Waals surface area (Å²) in [5, 5.41) is 0. The second-order valence-electron chi connectivity index (χ2n) is 4.63. The molecule has 0 aromatic carbocycles. The Hall–Kier alpha value is 0.564. The van der Waals surface area contributed by atoms with E-state index in [1.165, 1.54) is 14.4 Å². The van der Waals surface area contributed by atoms with Gasteiger partial charge >= 0.3 is 126 Å². The minimum Gasteiger partial charge on any atom is -1.00 e. The van der Waals surface area contributed by atoms with Gasteiger partial charge in [-0.25, -0.2) is 0 Å². The minimum absolute atomic E-state index is 0. The van der Waals surface area contributed by atoms with Crippen molar-refractivity contribution in [2.24, 2.45) is 0 Å². The van der Waals surface area contributed by atoms with Gasteiger partial charge in [0.1, 0.15) is 0 Å². The van der Waals surface area contributed by atoms with Crippen LogP contribution in [0.25, 0.3) is 0 Å². The van der Waals surface area contributed by atoms with Gasteiger partial charge < -0.3 is 24.8 Å². The summed E-state index contributed by atoms with van der Waals surface area (Å²) in [7, 11) is 0. The first-order valence-corrected chi connectivity index (χ1v) is 8.06. The van der Waals surface area contributed by atoms with Gasteiger partial charge in [-0.2, -0.15) is 0 Å². The van der Waals surface area contributed by atoms with E-state index in [4.69, 9.17) is 4.74 Å². The predicted octanol–water partition coefficient (Wildman–Crippen LogP) is -1.52. The summed E-state index contributed by atoms with van der Waals surface area (Å²) < 4.78 is 7.68. The quantitative estimate of drug-likeness (QED) is 0.432. The van der Waals surface area contributed by atoms with Crippen molar-refractivity contribution in [3.05, 3.63) is 44.7 Å². The molecule has 2 aliphatic rings. The topological polar surface area (TPSA) is 9.23 Å². The molecule has 0 bridgehead atoms. The molecule has 0 saturated heterocycles. The van der Waals surface area contributed by atoms with Crippen LogP contribution in [0.4, 0.5) is 0 Å². The van der Waals surface area contributed by atoms with E-state index >= 15 is 0 Å². The van der Waals surface area contributed by atoms with Crippen molar-refractivity contribution >= 4 is 11.8 Å². The Balaban J connectivity index is 0.00000180. The number of hydrogen-bond acceptors (Lipinski definition) is 2. The van der Waals surface area contributed by atoms with E-state index in [0.29, 0.717) is 0 Å². The van der Waals surface area contributed by atoms with Crippen molar-refractivity contribution in [1.29, 1.82) is 0 Å². The maximum absolute atomic E-state index is 6.22. The number of halogens is 2. The van der Waals surface area contributed by atoms with Crippen LogP contribution < -0.4 is 24.8 Å². The van der Waals surface area contributed by atoms with Crippen LogP contribution in [0.2, 0.25) is 0 Å². The molecule has 0 aromatic rings. The first-order valence-electron chi connectivity index (χ1n) is 6.46. The third-order valence-corrected chi connectivity index (χ3v) is 5.73. The molecule has 0 spiro atoms. The van der Waals surface area contributed by atoms with E-state index < -0.39 is 0 Å². The average Bonchev–Trinajstić information content (AvgIpc) is 2.76. The molecule has 5 heteroatoms. The number of rotatable bonds is 5. The largest absolute Gasteiger partial charge is 1.00 e. The molecule has 109 valence electrons. The summed E-state index contributed by atoms with van der Waals surface area (Å²) in [6, 6.07) is 0. The van der Waals surface area contributed by atoms with Crippen LogP contribution >= 0.6 is 11.8 Å². The normalized spacial score (nSPS) is 24.3. The van der Waals surface area contributed by atoms with Crippen LogP contribution in [-0.4, -0.2) is 11.5 Å². The van der Waals surface area contributed by atoms with Gasteiger partial charge in [-0.15, -0.1) is 0 Å². The molecule has 2 rings (SSSR count). The summed E-state index contributed by atoms with van der Waals surface area (Å²) in [4.78, 5) is 1.20. The van der Waals surface area contributed by atoms with E-state index in [1.807, 2.05) is 11.8 Å². The van der Waals surface area contributed by atoms with E-state index in [1.54, 1.807) is 0 Å². The second-order valence-corrected chi connectivity index (χ2v) is 6.88. The third-order valence-electron chi connectivity index (χ3n) is 3.17. The molecule has 0 N–H and O–H groups in total. The summed E-state index contributed by atoms with van der Waals surface area (Å²) in [6.45, 7) is 5.17. The van der Waals surface area contributed by atoms with Crippen molar-refractivity contribution < 1.29 is 50.0 Å². The molecule has 20 heavy (non-hydrogen) atoms. The van der Waals surface area contributed by atoms with Crippen LogP contribution in [0.15, 0.2) is 44.7 Å². The summed E-state index contributed by atoms with van der Waals surface area (Å²) >= 11 is 4.10. The second kappa shape index (κ2) is 9.55. The zero-order valence-electron chi connectivity index (χ0n) is 11.8. The Labute approximate surface area is 150 Å². The molecule has 1 unspecified atom stereocenters. The Morgan fingerprint density at radius 1 is 1.35 bits per heavy atom. The Bertz CT molecular complexity index is 443. The smallest absolute Gasteiger partial charge is 1.00 e. The molecule has 1 atom stereocenters. The molecule has 0 fully saturated rings. The molecule has 0 aliphatic heterocycles. The van der Waals surface area contributed by atoms with E-state index in [-0.39, 0.29) is 29.7 Å². The zero-order chi connectivity index (χ0) is 13.0. The monoisotopic (exact) mass is 365 g/mol. The molecule has 1 nitrogen and oxygen atoms in total. The van der Waals surface area contributed by atoms with Gasteiger partial charge in [0.05, 0.1) is 0 Å². The zero-order valence-corrected chi connectivity index (χ0v) is 15.7. The SMILES string of the molecule is CCCOC1(SC2=[C]([Ti+2])CC=C2)CC=CC=C1C.[Cl-].[Cl-]. The minimum atomic E-state index is -0.184. The standard InChI is InChI=1S/C15H19OS.2ClH.Ti/c1-3-12-16-15(11-7-6-8-13(15)2)17-14-9-4-5-10-14;;;/h4,6-9H,3,5,11-12H2,1-2H3;2*1H;/q;;;+2/p-2. The first-order chi connectivity index (χ1) is 8.68. The van der Waals surface area contributed by atoms with Gasteiger partial charge in [-0.1, -0.05) is 0 Å². The van der Waals surface area contributed by atoms with Crippen molar-refractivity contribution in [3.8, 4) is 0 Å². The van der Waals surface area contributed by atoms with Gasteiger partial charge in [0.15, 0.2) is 0 Å². The molecule has 0 radical (unpaired) electrons. The fraction of sp³-hybridized carbons (Fsp3) is 0.467. The van der Waals surface area contributed by atoms with Gasteiger partial charge in [0.2, 0.25) is 0 Å². The summed E-state index contributed by atoms with van der Waals surface area (Å²) in [6.07, 6.45) is 14.1. The Morgan fingerprint density at radius 3 is 2.65 bits per heavy atom. The van der Waals surface area contributed by atoms with E-state index in [2.05, 4.69) is 64.7 Å². The maximum atomic E-state index is 6.22. The van der Waals surface area contributed by atoms with Crippen LogP contribution in [0.5, 0.6) is 0 Å². The van der Waals surface area contributed by atoms with E-state index in [0.717, 1.165) is 25.9 Å². The first kappa shape index (κ1) is 20.6. The molecule has 0 saturated carbocycles. The predicted molar refractivity (Wildman–Crippen MR) is 74.9 cm³/mol. The molecular weight excluding hydrogens is 347 g/mol. The summed E-state index contributed by atoms with van der Waals surface area (Å²) in [5.74, 6) is 0. The molecule has 0 heterocycles. The van der Waals surface area contributed by atoms with Crippen molar-refractivity contribution in [1.82, 2.24) is 0 Å². The van der Waals surface area contributed by atoms with Crippen LogP contribution in [0, 0.1) is 0 Å². The summed E-state index contributed by atoms with van der Waals surface area (Å²) in [5.41, 5.74) is 1.32. The third kappa shape index (κ3) is 4.79. The van der Waals surface area contributed by atoms with Gasteiger partial charge in [0, 0.05) is 0 Å². The number of ether oxygens (including phenoxy) is 1. The van der Waals surface area contributed by atoms with Crippen LogP contribution in [0.1, 0.15) is 33.1 Å². The molecular formula is C15H19Cl2OSTi. The van der Waals surface area contributed by atoms with Crippen LogP contribution in [-0.2, 0) is 25.2 Å². The number of allylic oxidation sites excluding steroid dienone is 5. The molecule has 0 aromatic heterocycles. The number of hydrogen-bond donors (Lipinski definition) is 0. The fourth-order valence-corrected chi connectivity index (χ4v) is 3.90. The Kier molecular flexibility index (Phi) is 9.82. The molecule has 0 amide bonds. The van der Waals surface area contributed by atoms with Gasteiger partial charge in [-0.3, -0.25) is 0 Å². The van der Waals surface area contributed by atoms with Crippen LogP contribution in [0.3, 0.4) is 0 Å². The van der Waals surface area contributed by atoms with Crippen molar-refractivity contribution in [2.75, 3.05) is 6.61 Å². The van der Waals surface area contributed by atoms with Crippen molar-refractivity contribution in [3.63, 3.8) is 0 Å².